The molecular formula is C27H28F4N4O2. The fraction of sp³-hybridized carbons (Fsp3) is 0.444. The van der Waals surface area contributed by atoms with Gasteiger partial charge in [0, 0.05) is 42.4 Å². The van der Waals surface area contributed by atoms with Gasteiger partial charge in [0.2, 0.25) is 0 Å². The SMILES string of the molecule is CC(C#N)c1cc(F)c(C2CN(C(=O)OC(C)(C)C)CCN2c2cc(F)c(C(C)C#N)cc2F)cc1F. The van der Waals surface area contributed by atoms with Gasteiger partial charge in [-0.25, -0.2) is 22.4 Å². The molecule has 3 rings (SSSR count). The van der Waals surface area contributed by atoms with Crippen LogP contribution in [0.1, 0.15) is 69.2 Å². The average Bonchev–Trinajstić information content (AvgIpc) is 2.84. The lowest BCUT2D eigenvalue weighted by atomic mass is 9.94. The molecule has 1 fully saturated rings. The summed E-state index contributed by atoms with van der Waals surface area (Å²) < 4.78 is 65.8. The molecule has 1 aliphatic rings. The van der Waals surface area contributed by atoms with Crippen LogP contribution in [0.2, 0.25) is 0 Å². The quantitative estimate of drug-likeness (QED) is 0.446. The highest BCUT2D eigenvalue weighted by Gasteiger charge is 2.36. The van der Waals surface area contributed by atoms with Gasteiger partial charge in [-0.1, -0.05) is 0 Å². The molecule has 0 spiro atoms. The van der Waals surface area contributed by atoms with E-state index in [0.29, 0.717) is 0 Å². The minimum Gasteiger partial charge on any atom is -0.444 e. The minimum atomic E-state index is -1.10. The maximum atomic E-state index is 15.4. The largest absolute Gasteiger partial charge is 0.444 e. The van der Waals surface area contributed by atoms with E-state index in [4.69, 9.17) is 15.3 Å². The fourth-order valence-corrected chi connectivity index (χ4v) is 4.24. The number of piperazine rings is 1. The molecule has 1 heterocycles. The van der Waals surface area contributed by atoms with E-state index >= 15 is 8.78 Å². The Hall–Kier alpha value is -3.79. The smallest absolute Gasteiger partial charge is 0.410 e. The summed E-state index contributed by atoms with van der Waals surface area (Å²) in [5.74, 6) is -5.15. The fourth-order valence-electron chi connectivity index (χ4n) is 4.24. The van der Waals surface area contributed by atoms with E-state index < -0.39 is 52.8 Å². The van der Waals surface area contributed by atoms with Crippen LogP contribution in [0, 0.1) is 45.9 Å². The van der Waals surface area contributed by atoms with Gasteiger partial charge in [0.25, 0.3) is 0 Å². The van der Waals surface area contributed by atoms with Crippen molar-refractivity contribution in [3.63, 3.8) is 0 Å². The topological polar surface area (TPSA) is 80.4 Å². The van der Waals surface area contributed by atoms with Gasteiger partial charge in [-0.05, 0) is 52.8 Å². The molecule has 0 saturated carbocycles. The van der Waals surface area contributed by atoms with Gasteiger partial charge in [0.05, 0.1) is 35.7 Å². The van der Waals surface area contributed by atoms with E-state index in [1.54, 1.807) is 20.8 Å². The number of hydrogen-bond donors (Lipinski definition) is 0. The van der Waals surface area contributed by atoms with Crippen molar-refractivity contribution >= 4 is 11.8 Å². The Morgan fingerprint density at radius 1 is 0.919 bits per heavy atom. The first-order valence-electron chi connectivity index (χ1n) is 11.8. The number of amides is 1. The molecule has 6 nitrogen and oxygen atoms in total. The Kier molecular flexibility index (Phi) is 8.02. The molecule has 0 radical (unpaired) electrons. The van der Waals surface area contributed by atoms with E-state index in [1.807, 2.05) is 12.1 Å². The molecule has 196 valence electrons. The Labute approximate surface area is 213 Å². The first-order valence-corrected chi connectivity index (χ1v) is 11.8. The van der Waals surface area contributed by atoms with Gasteiger partial charge < -0.3 is 14.5 Å². The third kappa shape index (κ3) is 5.96. The summed E-state index contributed by atoms with van der Waals surface area (Å²) in [5.41, 5.74) is -1.47. The summed E-state index contributed by atoms with van der Waals surface area (Å²) in [6.45, 7) is 7.73. The Morgan fingerprint density at radius 3 is 2.00 bits per heavy atom. The second-order valence-electron chi connectivity index (χ2n) is 10.1. The summed E-state index contributed by atoms with van der Waals surface area (Å²) in [5, 5.41) is 18.2. The van der Waals surface area contributed by atoms with Crippen LogP contribution >= 0.6 is 0 Å². The van der Waals surface area contributed by atoms with Crippen molar-refractivity contribution in [3.05, 3.63) is 64.2 Å². The van der Waals surface area contributed by atoms with E-state index in [2.05, 4.69) is 0 Å². The van der Waals surface area contributed by atoms with Gasteiger partial charge in [0.1, 0.15) is 28.9 Å². The molecule has 2 aromatic carbocycles. The third-order valence-corrected chi connectivity index (χ3v) is 6.20. The number of carbonyl (C=O) groups is 1. The zero-order valence-electron chi connectivity index (χ0n) is 21.3. The third-order valence-electron chi connectivity index (χ3n) is 6.20. The van der Waals surface area contributed by atoms with Crippen LogP contribution in [0.4, 0.5) is 28.0 Å². The lowest BCUT2D eigenvalue weighted by Gasteiger charge is -2.43. The number of nitrogens with zero attached hydrogens (tertiary/aromatic N) is 4. The van der Waals surface area contributed by atoms with Crippen LogP contribution in [0.5, 0.6) is 0 Å². The van der Waals surface area contributed by atoms with Gasteiger partial charge in [0.15, 0.2) is 0 Å². The van der Waals surface area contributed by atoms with Crippen LogP contribution in [-0.2, 0) is 4.74 Å². The lowest BCUT2D eigenvalue weighted by Crippen LogP contribution is -2.52. The first-order chi connectivity index (χ1) is 17.3. The van der Waals surface area contributed by atoms with Crippen molar-refractivity contribution in [2.75, 3.05) is 24.5 Å². The molecule has 1 saturated heterocycles. The highest BCUT2D eigenvalue weighted by molar-refractivity contribution is 5.69. The van der Waals surface area contributed by atoms with Gasteiger partial charge >= 0.3 is 6.09 Å². The van der Waals surface area contributed by atoms with E-state index in [9.17, 15) is 13.6 Å². The molecule has 1 amide bonds. The Morgan fingerprint density at radius 2 is 1.46 bits per heavy atom. The van der Waals surface area contributed by atoms with Crippen LogP contribution in [0.25, 0.3) is 0 Å². The molecule has 0 bridgehead atoms. The second kappa shape index (κ2) is 10.7. The monoisotopic (exact) mass is 516 g/mol. The van der Waals surface area contributed by atoms with Gasteiger partial charge in [-0.2, -0.15) is 10.5 Å². The molecule has 3 unspecified atom stereocenters. The lowest BCUT2D eigenvalue weighted by molar-refractivity contribution is 0.0212. The molecule has 37 heavy (non-hydrogen) atoms. The van der Waals surface area contributed by atoms with Crippen molar-refractivity contribution in [2.45, 2.75) is 58.1 Å². The molecule has 0 aromatic heterocycles. The van der Waals surface area contributed by atoms with Crippen LogP contribution < -0.4 is 4.90 Å². The molecule has 10 heteroatoms. The number of rotatable bonds is 4. The highest BCUT2D eigenvalue weighted by Crippen LogP contribution is 2.37. The van der Waals surface area contributed by atoms with Gasteiger partial charge in [-0.15, -0.1) is 0 Å². The minimum absolute atomic E-state index is 0.0369. The maximum absolute atomic E-state index is 15.4. The van der Waals surface area contributed by atoms with Crippen molar-refractivity contribution in [1.29, 1.82) is 10.5 Å². The standard InChI is InChI=1S/C27H28F4N4O2/c1-15(12-32)17-8-21(29)19(10-20(17)28)25-14-34(26(36)37-27(3,4)5)6-7-35(25)24-11-22(30)18(9-23(24)31)16(2)13-33/h8-11,15-16,25H,6-7,14H2,1-5H3. The van der Waals surface area contributed by atoms with Gasteiger partial charge in [-0.3, -0.25) is 0 Å². The Bertz CT molecular complexity index is 1280. The molecule has 1 aliphatic heterocycles. The van der Waals surface area contributed by atoms with Crippen LogP contribution in [0.3, 0.4) is 0 Å². The zero-order valence-corrected chi connectivity index (χ0v) is 21.3. The zero-order chi connectivity index (χ0) is 27.7. The predicted molar refractivity (Wildman–Crippen MR) is 129 cm³/mol. The molecule has 3 atom stereocenters. The number of hydrogen-bond acceptors (Lipinski definition) is 5. The number of anilines is 1. The van der Waals surface area contributed by atoms with Crippen molar-refractivity contribution in [1.82, 2.24) is 4.90 Å². The summed E-state index contributed by atoms with van der Waals surface area (Å²) >= 11 is 0. The first kappa shape index (κ1) is 27.8. The van der Waals surface area contributed by atoms with E-state index in [-0.39, 0.29) is 42.0 Å². The highest BCUT2D eigenvalue weighted by atomic mass is 19.1. The molecular weight excluding hydrogens is 488 g/mol. The summed E-state index contributed by atoms with van der Waals surface area (Å²) in [7, 11) is 0. The molecule has 0 aliphatic carbocycles. The number of benzene rings is 2. The van der Waals surface area contributed by atoms with Crippen LogP contribution in [-0.4, -0.2) is 36.2 Å². The van der Waals surface area contributed by atoms with Crippen molar-refractivity contribution < 1.29 is 27.1 Å². The number of halogens is 4. The summed E-state index contributed by atoms with van der Waals surface area (Å²) in [6, 6.07) is 6.30. The number of nitriles is 2. The van der Waals surface area contributed by atoms with Crippen molar-refractivity contribution in [2.24, 2.45) is 0 Å². The van der Waals surface area contributed by atoms with Crippen LogP contribution in [0.15, 0.2) is 24.3 Å². The molecule has 0 N–H and O–H groups in total. The summed E-state index contributed by atoms with van der Waals surface area (Å²) in [6.07, 6.45) is -0.683. The number of ether oxygens (including phenoxy) is 1. The normalized spacial score (nSPS) is 17.5. The summed E-state index contributed by atoms with van der Waals surface area (Å²) in [4.78, 5) is 15.4. The van der Waals surface area contributed by atoms with Crippen molar-refractivity contribution in [3.8, 4) is 12.1 Å². The predicted octanol–water partition coefficient (Wildman–Crippen LogP) is 6.30. The second-order valence-corrected chi connectivity index (χ2v) is 10.1. The number of carbonyl (C=O) groups excluding carboxylic acids is 1. The molecule has 2 aromatic rings. The maximum Gasteiger partial charge on any atom is 0.410 e. The van der Waals surface area contributed by atoms with E-state index in [1.165, 1.54) is 23.6 Å². The van der Waals surface area contributed by atoms with E-state index in [0.717, 1.165) is 24.3 Å². The average molecular weight is 517 g/mol. The Balaban J connectivity index is 2.11.